The number of benzene rings is 1. The van der Waals surface area contributed by atoms with Crippen molar-refractivity contribution in [2.75, 3.05) is 26.2 Å². The van der Waals surface area contributed by atoms with E-state index < -0.39 is 12.1 Å². The van der Waals surface area contributed by atoms with E-state index in [1.807, 2.05) is 12.1 Å². The third-order valence-electron chi connectivity index (χ3n) is 3.42. The van der Waals surface area contributed by atoms with Gasteiger partial charge in [-0.05, 0) is 24.3 Å². The van der Waals surface area contributed by atoms with E-state index in [4.69, 9.17) is 4.74 Å². The number of fused-ring (bicyclic) bond motifs is 1. The standard InChI is InChI=1S/C15H14BrN3O3/c16-11-2-4-12-10(9-11)1-3-13(18-12)14(20)22-15(21)19-7-5-17-6-8-19/h1-4,9,17H,5-8H2. The van der Waals surface area contributed by atoms with E-state index >= 15 is 0 Å². The maximum absolute atomic E-state index is 12.1. The molecule has 0 spiro atoms. The number of halogens is 1. The van der Waals surface area contributed by atoms with Crippen molar-refractivity contribution in [3.8, 4) is 0 Å². The van der Waals surface area contributed by atoms with Crippen LogP contribution in [0.1, 0.15) is 10.5 Å². The molecule has 6 nitrogen and oxygen atoms in total. The minimum absolute atomic E-state index is 0.123. The van der Waals surface area contributed by atoms with Crippen molar-refractivity contribution in [1.82, 2.24) is 15.2 Å². The van der Waals surface area contributed by atoms with Crippen LogP contribution in [0.5, 0.6) is 0 Å². The topological polar surface area (TPSA) is 71.5 Å². The molecular formula is C15H14BrN3O3. The molecule has 0 aliphatic carbocycles. The van der Waals surface area contributed by atoms with Gasteiger partial charge >= 0.3 is 12.1 Å². The van der Waals surface area contributed by atoms with Crippen molar-refractivity contribution in [2.24, 2.45) is 0 Å². The van der Waals surface area contributed by atoms with Crippen molar-refractivity contribution in [3.63, 3.8) is 0 Å². The van der Waals surface area contributed by atoms with Crippen molar-refractivity contribution in [2.45, 2.75) is 0 Å². The smallest absolute Gasteiger partial charge is 0.371 e. The van der Waals surface area contributed by atoms with E-state index in [2.05, 4.69) is 26.2 Å². The second kappa shape index (κ2) is 6.41. The van der Waals surface area contributed by atoms with Gasteiger partial charge in [0.1, 0.15) is 5.69 Å². The first-order chi connectivity index (χ1) is 10.6. The summed E-state index contributed by atoms with van der Waals surface area (Å²) in [6.45, 7) is 2.47. The number of piperazine rings is 1. The van der Waals surface area contributed by atoms with Gasteiger partial charge in [-0.25, -0.2) is 14.6 Å². The summed E-state index contributed by atoms with van der Waals surface area (Å²) in [4.78, 5) is 29.7. The van der Waals surface area contributed by atoms with Gasteiger partial charge in [-0.1, -0.05) is 22.0 Å². The highest BCUT2D eigenvalue weighted by molar-refractivity contribution is 9.10. The number of pyridine rings is 1. The Kier molecular flexibility index (Phi) is 4.35. The molecule has 1 aliphatic heterocycles. The van der Waals surface area contributed by atoms with E-state index in [-0.39, 0.29) is 5.69 Å². The third-order valence-corrected chi connectivity index (χ3v) is 3.91. The number of rotatable bonds is 1. The average molecular weight is 364 g/mol. The summed E-state index contributed by atoms with van der Waals surface area (Å²) in [7, 11) is 0. The van der Waals surface area contributed by atoms with Crippen molar-refractivity contribution >= 4 is 38.9 Å². The third kappa shape index (κ3) is 3.26. The van der Waals surface area contributed by atoms with Gasteiger partial charge in [-0.2, -0.15) is 0 Å². The first kappa shape index (κ1) is 14.9. The lowest BCUT2D eigenvalue weighted by Gasteiger charge is -2.25. The molecule has 1 aromatic carbocycles. The van der Waals surface area contributed by atoms with Gasteiger partial charge in [0.15, 0.2) is 0 Å². The van der Waals surface area contributed by atoms with Crippen LogP contribution in [0.4, 0.5) is 4.79 Å². The Morgan fingerprint density at radius 1 is 1.18 bits per heavy atom. The molecule has 1 aliphatic rings. The largest absolute Gasteiger partial charge is 0.417 e. The molecule has 1 saturated heterocycles. The van der Waals surface area contributed by atoms with Crippen LogP contribution in [-0.4, -0.2) is 48.1 Å². The molecule has 1 fully saturated rings. The van der Waals surface area contributed by atoms with Gasteiger partial charge in [0.25, 0.3) is 0 Å². The highest BCUT2D eigenvalue weighted by Gasteiger charge is 2.22. The Labute approximate surface area is 135 Å². The summed E-state index contributed by atoms with van der Waals surface area (Å²) >= 11 is 3.38. The summed E-state index contributed by atoms with van der Waals surface area (Å²) in [6, 6.07) is 8.88. The zero-order valence-corrected chi connectivity index (χ0v) is 13.3. The fraction of sp³-hybridized carbons (Fsp3) is 0.267. The number of aromatic nitrogens is 1. The molecule has 3 rings (SSSR count). The molecule has 0 atom stereocenters. The highest BCUT2D eigenvalue weighted by Crippen LogP contribution is 2.19. The second-order valence-corrected chi connectivity index (χ2v) is 5.84. The minimum atomic E-state index is -0.728. The number of nitrogens with one attached hydrogen (secondary N) is 1. The predicted octanol–water partition coefficient (Wildman–Crippen LogP) is 2.18. The van der Waals surface area contributed by atoms with Gasteiger partial charge in [-0.3, -0.25) is 0 Å². The van der Waals surface area contributed by atoms with Gasteiger partial charge in [-0.15, -0.1) is 0 Å². The molecule has 0 saturated carbocycles. The Bertz CT molecular complexity index is 729. The molecule has 22 heavy (non-hydrogen) atoms. The summed E-state index contributed by atoms with van der Waals surface area (Å²) in [6.07, 6.45) is -0.621. The van der Waals surface area contributed by atoms with Gasteiger partial charge in [0, 0.05) is 36.0 Å². The van der Waals surface area contributed by atoms with Crippen molar-refractivity contribution in [3.05, 3.63) is 40.5 Å². The van der Waals surface area contributed by atoms with Crippen LogP contribution < -0.4 is 5.32 Å². The molecule has 0 bridgehead atoms. The van der Waals surface area contributed by atoms with Crippen LogP contribution in [0.2, 0.25) is 0 Å². The highest BCUT2D eigenvalue weighted by atomic mass is 79.9. The normalized spacial score (nSPS) is 14.9. The first-order valence-corrected chi connectivity index (χ1v) is 7.71. The fourth-order valence-electron chi connectivity index (χ4n) is 2.25. The number of ether oxygens (including phenoxy) is 1. The van der Waals surface area contributed by atoms with Crippen LogP contribution >= 0.6 is 15.9 Å². The van der Waals surface area contributed by atoms with E-state index in [0.29, 0.717) is 31.7 Å². The van der Waals surface area contributed by atoms with Gasteiger partial charge < -0.3 is 15.0 Å². The number of esters is 1. The predicted molar refractivity (Wildman–Crippen MR) is 84.7 cm³/mol. The Morgan fingerprint density at radius 2 is 1.95 bits per heavy atom. The maximum atomic E-state index is 12.1. The van der Waals surface area contributed by atoms with Crippen LogP contribution in [0.3, 0.4) is 0 Å². The molecule has 1 N–H and O–H groups in total. The molecule has 7 heteroatoms. The quantitative estimate of drug-likeness (QED) is 0.621. The lowest BCUT2D eigenvalue weighted by Crippen LogP contribution is -2.47. The fourth-order valence-corrected chi connectivity index (χ4v) is 2.63. The number of hydrogen-bond donors (Lipinski definition) is 1. The van der Waals surface area contributed by atoms with E-state index in [1.165, 1.54) is 4.90 Å². The molecule has 1 aromatic heterocycles. The summed E-state index contributed by atoms with van der Waals surface area (Å²) in [5, 5.41) is 4.03. The SMILES string of the molecule is O=C(OC(=O)N1CCNCC1)c1ccc2cc(Br)ccc2n1. The van der Waals surface area contributed by atoms with Crippen LogP contribution in [0.25, 0.3) is 10.9 Å². The number of nitrogens with zero attached hydrogens (tertiary/aromatic N) is 2. The van der Waals surface area contributed by atoms with E-state index in [9.17, 15) is 9.59 Å². The second-order valence-electron chi connectivity index (χ2n) is 4.93. The molecule has 0 radical (unpaired) electrons. The number of amides is 1. The van der Waals surface area contributed by atoms with Crippen LogP contribution in [-0.2, 0) is 4.74 Å². The molecule has 2 heterocycles. The Balaban J connectivity index is 1.74. The van der Waals surface area contributed by atoms with E-state index in [1.54, 1.807) is 18.2 Å². The van der Waals surface area contributed by atoms with Crippen molar-refractivity contribution in [1.29, 1.82) is 0 Å². The Morgan fingerprint density at radius 3 is 2.73 bits per heavy atom. The first-order valence-electron chi connectivity index (χ1n) is 6.91. The lowest BCUT2D eigenvalue weighted by molar-refractivity contribution is 0.0527. The summed E-state index contributed by atoms with van der Waals surface area (Å²) in [5.74, 6) is -0.728. The zero-order valence-electron chi connectivity index (χ0n) is 11.7. The summed E-state index contributed by atoms with van der Waals surface area (Å²) in [5.41, 5.74) is 0.797. The number of carbonyl (C=O) groups excluding carboxylic acids is 2. The molecule has 114 valence electrons. The average Bonchev–Trinajstić information content (AvgIpc) is 2.55. The zero-order chi connectivity index (χ0) is 15.5. The maximum Gasteiger partial charge on any atom is 0.417 e. The van der Waals surface area contributed by atoms with E-state index in [0.717, 1.165) is 9.86 Å². The van der Waals surface area contributed by atoms with Crippen LogP contribution in [0.15, 0.2) is 34.8 Å². The monoisotopic (exact) mass is 363 g/mol. The van der Waals surface area contributed by atoms with Crippen LogP contribution in [0, 0.1) is 0 Å². The Hall–Kier alpha value is -1.99. The van der Waals surface area contributed by atoms with Gasteiger partial charge in [0.05, 0.1) is 5.52 Å². The summed E-state index contributed by atoms with van der Waals surface area (Å²) < 4.78 is 5.83. The number of carbonyl (C=O) groups is 2. The molecule has 0 unspecified atom stereocenters. The van der Waals surface area contributed by atoms with Crippen molar-refractivity contribution < 1.29 is 14.3 Å². The lowest BCUT2D eigenvalue weighted by atomic mass is 10.2. The molecule has 2 aromatic rings. The van der Waals surface area contributed by atoms with Gasteiger partial charge in [0.2, 0.25) is 0 Å². The molecular weight excluding hydrogens is 350 g/mol. The minimum Gasteiger partial charge on any atom is -0.371 e. The number of hydrogen-bond acceptors (Lipinski definition) is 5. The molecule has 1 amide bonds.